The second-order valence-electron chi connectivity index (χ2n) is 15.2. The Bertz CT molecular complexity index is 1890. The van der Waals surface area contributed by atoms with Crippen LogP contribution in [0.15, 0.2) is 35.1 Å². The van der Waals surface area contributed by atoms with E-state index >= 15 is 0 Å². The molecule has 2 N–H and O–H groups in total. The number of fused-ring (bicyclic) bond motifs is 1. The maximum absolute atomic E-state index is 14.6. The first-order valence-corrected chi connectivity index (χ1v) is 20.5. The molecule has 3 aromatic heterocycles. The van der Waals surface area contributed by atoms with Gasteiger partial charge in [0, 0.05) is 62.7 Å². The number of rotatable bonds is 10. The summed E-state index contributed by atoms with van der Waals surface area (Å²) in [6.07, 6.45) is -3.07. The van der Waals surface area contributed by atoms with Crippen LogP contribution in [0, 0.1) is 19.8 Å². The number of likely N-dealkylation sites (tertiary alicyclic amines) is 1. The summed E-state index contributed by atoms with van der Waals surface area (Å²) in [5.74, 6) is -1.58. The van der Waals surface area contributed by atoms with Gasteiger partial charge >= 0.3 is 18.2 Å². The van der Waals surface area contributed by atoms with E-state index in [1.807, 2.05) is 19.1 Å². The van der Waals surface area contributed by atoms with E-state index in [1.165, 1.54) is 4.90 Å². The number of hydrogen-bond donors (Lipinski definition) is 2. The Morgan fingerprint density at radius 1 is 1.14 bits per heavy atom. The summed E-state index contributed by atoms with van der Waals surface area (Å²) < 4.78 is 62.4. The number of nitrogens with zero attached hydrogens (tertiary/aromatic N) is 5. The predicted molar refractivity (Wildman–Crippen MR) is 188 cm³/mol. The summed E-state index contributed by atoms with van der Waals surface area (Å²) in [5.41, 5.74) is 0.893. The predicted octanol–water partition coefficient (Wildman–Crippen LogP) is 7.82. The number of anilines is 1. The third kappa shape index (κ3) is 9.08. The lowest BCUT2D eigenvalue weighted by atomic mass is 9.94. The van der Waals surface area contributed by atoms with Crippen LogP contribution in [0.2, 0.25) is 25.7 Å². The summed E-state index contributed by atoms with van der Waals surface area (Å²) in [7, 11) is -1.40. The van der Waals surface area contributed by atoms with E-state index in [1.54, 1.807) is 44.5 Å². The average molecular weight is 731 g/mol. The molecule has 4 aromatic rings. The Labute approximate surface area is 295 Å². The number of halogens is 3. The Balaban J connectivity index is 1.56. The number of benzene rings is 1. The molecule has 0 radical (unpaired) electrons. The van der Waals surface area contributed by atoms with Crippen LogP contribution >= 0.6 is 0 Å². The van der Waals surface area contributed by atoms with Gasteiger partial charge in [-0.25, -0.2) is 14.8 Å². The van der Waals surface area contributed by atoms with Gasteiger partial charge < -0.3 is 33.9 Å². The number of nitrogens with one attached hydrogen (secondary N) is 1. The highest BCUT2D eigenvalue weighted by Crippen LogP contribution is 2.41. The Morgan fingerprint density at radius 3 is 2.47 bits per heavy atom. The molecule has 0 bridgehead atoms. The van der Waals surface area contributed by atoms with Gasteiger partial charge in [-0.15, -0.1) is 0 Å². The number of carboxylic acid groups (broad SMARTS) is 1. The van der Waals surface area contributed by atoms with E-state index in [0.717, 1.165) is 23.4 Å². The van der Waals surface area contributed by atoms with E-state index in [2.05, 4.69) is 40.1 Å². The molecule has 0 saturated carbocycles. The average Bonchev–Trinajstić information content (AvgIpc) is 3.55. The van der Waals surface area contributed by atoms with E-state index < -0.39 is 49.4 Å². The number of carbonyl (C=O) groups is 2. The van der Waals surface area contributed by atoms with Gasteiger partial charge in [-0.05, 0) is 58.7 Å². The highest BCUT2D eigenvalue weighted by Gasteiger charge is 2.38. The second-order valence-corrected chi connectivity index (χ2v) is 20.9. The van der Waals surface area contributed by atoms with Crippen LogP contribution in [0.1, 0.15) is 44.2 Å². The minimum atomic E-state index is -4.79. The van der Waals surface area contributed by atoms with Gasteiger partial charge in [-0.1, -0.05) is 36.9 Å². The molecule has 276 valence electrons. The molecule has 12 nitrogen and oxygen atoms in total. The van der Waals surface area contributed by atoms with Crippen LogP contribution in [0.25, 0.3) is 33.3 Å². The second kappa shape index (κ2) is 14.3. The number of carboxylic acids is 1. The SMILES string of the molecule is Cc1noc(C)c1-c1ccc2c(-c3nc(N[C@H]4C[C@@H](C(=O)O)CN(C(=O)OC(C)(C)C)C4)ncc3C(F)(F)F)cn(COCC[Si](C)(C)C)c2c1. The highest BCUT2D eigenvalue weighted by atomic mass is 28.3. The maximum Gasteiger partial charge on any atom is 0.419 e. The van der Waals surface area contributed by atoms with Crippen molar-refractivity contribution in [3.05, 3.63) is 47.6 Å². The number of hydrogen-bond acceptors (Lipinski definition) is 9. The van der Waals surface area contributed by atoms with Gasteiger partial charge in [-0.2, -0.15) is 13.2 Å². The number of aromatic nitrogens is 4. The first-order valence-electron chi connectivity index (χ1n) is 16.8. The molecule has 0 spiro atoms. The fourth-order valence-electron chi connectivity index (χ4n) is 6.08. The molecule has 4 heterocycles. The third-order valence-electron chi connectivity index (χ3n) is 8.57. The van der Waals surface area contributed by atoms with Gasteiger partial charge in [0.05, 0.1) is 22.8 Å². The van der Waals surface area contributed by atoms with Crippen molar-refractivity contribution in [2.75, 3.05) is 25.0 Å². The monoisotopic (exact) mass is 730 g/mol. The molecule has 2 atom stereocenters. The topological polar surface area (TPSA) is 145 Å². The Hall–Kier alpha value is -4.44. The van der Waals surface area contributed by atoms with Crippen molar-refractivity contribution >= 4 is 37.0 Å². The van der Waals surface area contributed by atoms with Crippen molar-refractivity contribution in [1.82, 2.24) is 24.6 Å². The van der Waals surface area contributed by atoms with Crippen LogP contribution in [0.5, 0.6) is 0 Å². The molecule has 1 saturated heterocycles. The van der Waals surface area contributed by atoms with Crippen LogP contribution in [0.4, 0.5) is 23.9 Å². The lowest BCUT2D eigenvalue weighted by Gasteiger charge is -2.37. The summed E-state index contributed by atoms with van der Waals surface area (Å²) in [6.45, 7) is 16.0. The largest absolute Gasteiger partial charge is 0.481 e. The first kappa shape index (κ1) is 37.8. The van der Waals surface area contributed by atoms with Crippen LogP contribution in [-0.4, -0.2) is 81.2 Å². The number of alkyl halides is 3. The van der Waals surface area contributed by atoms with E-state index in [-0.39, 0.29) is 43.4 Å². The van der Waals surface area contributed by atoms with Gasteiger partial charge in [0.1, 0.15) is 23.7 Å². The molecule has 1 aliphatic rings. The number of ether oxygens (including phenoxy) is 2. The fourth-order valence-corrected chi connectivity index (χ4v) is 6.84. The number of aliphatic carboxylic acids is 1. The van der Waals surface area contributed by atoms with Gasteiger partial charge in [0.15, 0.2) is 0 Å². The molecular formula is C35H45F3N6O6Si. The number of amides is 1. The molecule has 0 aliphatic carbocycles. The summed E-state index contributed by atoms with van der Waals surface area (Å²) in [5, 5.41) is 17.4. The van der Waals surface area contributed by atoms with Crippen molar-refractivity contribution in [3.8, 4) is 22.4 Å². The van der Waals surface area contributed by atoms with Crippen molar-refractivity contribution in [2.24, 2.45) is 5.92 Å². The first-order chi connectivity index (χ1) is 23.7. The van der Waals surface area contributed by atoms with E-state index in [9.17, 15) is 27.9 Å². The normalized spacial score (nSPS) is 17.2. The third-order valence-corrected chi connectivity index (χ3v) is 10.3. The summed E-state index contributed by atoms with van der Waals surface area (Å²) in [6, 6.07) is 5.66. The molecule has 0 unspecified atom stereocenters. The molecule has 51 heavy (non-hydrogen) atoms. The molecule has 1 aromatic carbocycles. The molecule has 1 aliphatic heterocycles. The molecule has 5 rings (SSSR count). The van der Waals surface area contributed by atoms with Gasteiger partial charge in [0.2, 0.25) is 5.95 Å². The van der Waals surface area contributed by atoms with E-state index in [4.69, 9.17) is 14.0 Å². The van der Waals surface area contributed by atoms with Gasteiger partial charge in [-0.3, -0.25) is 4.79 Å². The molecule has 1 amide bonds. The van der Waals surface area contributed by atoms with Crippen molar-refractivity contribution in [1.29, 1.82) is 0 Å². The quantitative estimate of drug-likeness (QED) is 0.122. The summed E-state index contributed by atoms with van der Waals surface area (Å²) >= 11 is 0. The number of aryl methyl sites for hydroxylation is 2. The minimum absolute atomic E-state index is 0.0386. The number of carbonyl (C=O) groups excluding carboxylic acids is 1. The maximum atomic E-state index is 14.6. The van der Waals surface area contributed by atoms with Crippen molar-refractivity contribution in [2.45, 2.75) is 91.3 Å². The lowest BCUT2D eigenvalue weighted by Crippen LogP contribution is -2.52. The standard InChI is InChI=1S/C35H45F3N6O6Si/c1-20-29(21(2)50-42-20)22-9-10-25-26(18-44(28(25)14-22)19-48-11-12-51(6,7)8)30-27(35(36,37)38)15-39-32(41-30)40-24-13-23(31(45)46)16-43(17-24)33(47)49-34(3,4)5/h9-10,14-15,18,23-24H,11-13,16-17,19H2,1-8H3,(H,45,46)(H,39,40,41)/t23-,24+/m1/s1. The number of piperidine rings is 1. The molecule has 16 heteroatoms. The smallest absolute Gasteiger partial charge is 0.419 e. The van der Waals surface area contributed by atoms with Crippen molar-refractivity contribution < 1.29 is 41.9 Å². The highest BCUT2D eigenvalue weighted by molar-refractivity contribution is 6.76. The van der Waals surface area contributed by atoms with Crippen LogP contribution in [0.3, 0.4) is 0 Å². The Morgan fingerprint density at radius 2 is 1.86 bits per heavy atom. The van der Waals surface area contributed by atoms with Crippen LogP contribution < -0.4 is 5.32 Å². The van der Waals surface area contributed by atoms with Crippen LogP contribution in [-0.2, 0) is 27.2 Å². The molecule has 1 fully saturated rings. The summed E-state index contributed by atoms with van der Waals surface area (Å²) in [4.78, 5) is 34.6. The fraction of sp³-hybridized carbons (Fsp3) is 0.514. The van der Waals surface area contributed by atoms with E-state index in [0.29, 0.717) is 29.0 Å². The minimum Gasteiger partial charge on any atom is -0.481 e. The zero-order valence-corrected chi connectivity index (χ0v) is 31.1. The van der Waals surface area contributed by atoms with Crippen molar-refractivity contribution in [3.63, 3.8) is 0 Å². The zero-order valence-electron chi connectivity index (χ0n) is 30.1. The Kier molecular flexibility index (Phi) is 10.6. The lowest BCUT2D eigenvalue weighted by molar-refractivity contribution is -0.143. The van der Waals surface area contributed by atoms with Gasteiger partial charge in [0.25, 0.3) is 0 Å². The zero-order chi connectivity index (χ0) is 37.5. The molecular weight excluding hydrogens is 686 g/mol.